The monoisotopic (exact) mass is 612 g/mol. The maximum absolute atomic E-state index is 14.6. The van der Waals surface area contributed by atoms with E-state index in [-0.39, 0.29) is 37.4 Å². The Balaban J connectivity index is 1.23. The lowest BCUT2D eigenvalue weighted by atomic mass is 10.1. The molecule has 0 saturated heterocycles. The number of carbonyl (C=O) groups is 1. The van der Waals surface area contributed by atoms with Crippen LogP contribution in [0.3, 0.4) is 0 Å². The smallest absolute Gasteiger partial charge is 0.306 e. The minimum atomic E-state index is -0.743. The van der Waals surface area contributed by atoms with Crippen molar-refractivity contribution >= 4 is 22.4 Å². The van der Waals surface area contributed by atoms with Gasteiger partial charge < -0.3 is 14.4 Å². The van der Waals surface area contributed by atoms with E-state index in [0.29, 0.717) is 6.54 Å². The van der Waals surface area contributed by atoms with Crippen molar-refractivity contribution in [3.63, 3.8) is 0 Å². The molecule has 0 fully saturated rings. The van der Waals surface area contributed by atoms with E-state index < -0.39 is 17.6 Å². The molecule has 0 amide bonds. The fraction of sp³-hybridized carbons (Fsp3) is 0.222. The second-order valence-electron chi connectivity index (χ2n) is 10.3. The number of rotatable bonds is 14. The maximum atomic E-state index is 14.6. The summed E-state index contributed by atoms with van der Waals surface area (Å²) < 4.78 is 39.7. The van der Waals surface area contributed by atoms with Gasteiger partial charge in [0, 0.05) is 48.2 Å². The van der Waals surface area contributed by atoms with Crippen LogP contribution in [0.4, 0.5) is 13.9 Å². The summed E-state index contributed by atoms with van der Waals surface area (Å²) in [4.78, 5) is 18.8. The molecule has 4 aromatic carbocycles. The van der Waals surface area contributed by atoms with Gasteiger partial charge in [0.1, 0.15) is 24.0 Å². The van der Waals surface area contributed by atoms with Crippen LogP contribution in [0, 0.1) is 11.6 Å². The summed E-state index contributed by atoms with van der Waals surface area (Å²) in [6.45, 7) is 3.56. The van der Waals surface area contributed by atoms with Crippen molar-refractivity contribution in [2.75, 3.05) is 18.1 Å². The average Bonchev–Trinajstić information content (AvgIpc) is 3.54. The molecule has 0 N–H and O–H groups in total. The lowest BCUT2D eigenvalue weighted by Crippen LogP contribution is -2.25. The van der Waals surface area contributed by atoms with Gasteiger partial charge >= 0.3 is 5.97 Å². The number of benzene rings is 4. The molecule has 0 aliphatic rings. The van der Waals surface area contributed by atoms with Gasteiger partial charge in [-0.25, -0.2) is 13.8 Å². The standard InChI is InChI=1S/C36H34F2N2O3S/c1-2-42-35(41)18-17-31-32(37)21-30(22-33(31)38)43-24-28-15-13-27(14-16-28)23-40(20-19-26-9-5-3-6-10-26)36-39-34(25-44-36)29-11-7-4-8-12-29/h3-16,21-22,25H,2,17-20,23-24H2,1H3. The van der Waals surface area contributed by atoms with Crippen molar-refractivity contribution in [1.82, 2.24) is 4.98 Å². The molecular formula is C36H34F2N2O3S. The van der Waals surface area contributed by atoms with Crippen molar-refractivity contribution in [1.29, 1.82) is 0 Å². The molecule has 0 saturated carbocycles. The predicted molar refractivity (Wildman–Crippen MR) is 171 cm³/mol. The molecule has 5 aromatic rings. The first-order valence-corrected chi connectivity index (χ1v) is 15.5. The molecule has 0 bridgehead atoms. The van der Waals surface area contributed by atoms with Crippen molar-refractivity contribution in [3.05, 3.63) is 136 Å². The normalized spacial score (nSPS) is 10.9. The van der Waals surface area contributed by atoms with E-state index in [0.717, 1.165) is 52.6 Å². The summed E-state index contributed by atoms with van der Waals surface area (Å²) in [6.07, 6.45) is 0.728. The second kappa shape index (κ2) is 15.3. The number of ether oxygens (including phenoxy) is 2. The van der Waals surface area contributed by atoms with Crippen LogP contribution >= 0.6 is 11.3 Å². The Kier molecular flexibility index (Phi) is 10.7. The lowest BCUT2D eigenvalue weighted by molar-refractivity contribution is -0.143. The van der Waals surface area contributed by atoms with Gasteiger partial charge in [-0.3, -0.25) is 4.79 Å². The van der Waals surface area contributed by atoms with Crippen molar-refractivity contribution in [3.8, 4) is 17.0 Å². The minimum Gasteiger partial charge on any atom is -0.489 e. The zero-order chi connectivity index (χ0) is 30.7. The van der Waals surface area contributed by atoms with Crippen molar-refractivity contribution < 1.29 is 23.0 Å². The molecule has 1 aromatic heterocycles. The molecule has 0 radical (unpaired) electrons. The van der Waals surface area contributed by atoms with Crippen LogP contribution in [0.1, 0.15) is 35.6 Å². The highest BCUT2D eigenvalue weighted by atomic mass is 32.1. The van der Waals surface area contributed by atoms with Gasteiger partial charge in [0.15, 0.2) is 5.13 Å². The Hall–Kier alpha value is -4.56. The Bertz CT molecular complexity index is 1620. The number of anilines is 1. The molecule has 5 nitrogen and oxygen atoms in total. The molecule has 5 rings (SSSR count). The van der Waals surface area contributed by atoms with Gasteiger partial charge in [-0.05, 0) is 36.5 Å². The summed E-state index contributed by atoms with van der Waals surface area (Å²) in [7, 11) is 0. The van der Waals surface area contributed by atoms with Crippen LogP contribution in [0.2, 0.25) is 0 Å². The van der Waals surface area contributed by atoms with Gasteiger partial charge in [-0.2, -0.15) is 0 Å². The topological polar surface area (TPSA) is 51.7 Å². The predicted octanol–water partition coefficient (Wildman–Crippen LogP) is 8.41. The van der Waals surface area contributed by atoms with Crippen LogP contribution in [-0.2, 0) is 35.5 Å². The van der Waals surface area contributed by atoms with Crippen LogP contribution in [-0.4, -0.2) is 24.1 Å². The second-order valence-corrected chi connectivity index (χ2v) is 11.2. The molecule has 1 heterocycles. The number of hydrogen-bond acceptors (Lipinski definition) is 6. The minimum absolute atomic E-state index is 0.0742. The van der Waals surface area contributed by atoms with E-state index in [9.17, 15) is 13.6 Å². The number of nitrogens with zero attached hydrogens (tertiary/aromatic N) is 2. The van der Waals surface area contributed by atoms with Gasteiger partial charge in [0.25, 0.3) is 0 Å². The average molecular weight is 613 g/mol. The molecule has 226 valence electrons. The van der Waals surface area contributed by atoms with E-state index in [2.05, 4.69) is 46.7 Å². The van der Waals surface area contributed by atoms with E-state index in [1.165, 1.54) is 5.56 Å². The fourth-order valence-electron chi connectivity index (χ4n) is 4.79. The zero-order valence-electron chi connectivity index (χ0n) is 24.5. The molecule has 0 aliphatic heterocycles. The zero-order valence-corrected chi connectivity index (χ0v) is 25.4. The number of thiazole rings is 1. The summed E-state index contributed by atoms with van der Waals surface area (Å²) in [5, 5.41) is 3.06. The summed E-state index contributed by atoms with van der Waals surface area (Å²) >= 11 is 1.64. The highest BCUT2D eigenvalue weighted by Crippen LogP contribution is 2.29. The van der Waals surface area contributed by atoms with Crippen molar-refractivity contribution in [2.24, 2.45) is 0 Å². The lowest BCUT2D eigenvalue weighted by Gasteiger charge is -2.22. The van der Waals surface area contributed by atoms with Crippen LogP contribution in [0.15, 0.2) is 102 Å². The molecule has 8 heteroatoms. The van der Waals surface area contributed by atoms with Crippen LogP contribution in [0.25, 0.3) is 11.3 Å². The first-order valence-electron chi connectivity index (χ1n) is 14.6. The van der Waals surface area contributed by atoms with E-state index in [1.54, 1.807) is 18.3 Å². The fourth-order valence-corrected chi connectivity index (χ4v) is 5.65. The summed E-state index contributed by atoms with van der Waals surface area (Å²) in [6, 6.07) is 30.9. The van der Waals surface area contributed by atoms with Crippen molar-refractivity contribution in [2.45, 2.75) is 39.3 Å². The number of halogens is 2. The van der Waals surface area contributed by atoms with Crippen LogP contribution < -0.4 is 9.64 Å². The molecular weight excluding hydrogens is 578 g/mol. The third kappa shape index (κ3) is 8.51. The van der Waals surface area contributed by atoms with E-state index >= 15 is 0 Å². The van der Waals surface area contributed by atoms with Gasteiger partial charge in [-0.1, -0.05) is 84.9 Å². The SMILES string of the molecule is CCOC(=O)CCc1c(F)cc(OCc2ccc(CN(CCc3ccccc3)c3nc(-c4ccccc4)cs3)cc2)cc1F. The van der Waals surface area contributed by atoms with Gasteiger partial charge in [0.2, 0.25) is 0 Å². The Morgan fingerprint density at radius 1 is 0.841 bits per heavy atom. The van der Waals surface area contributed by atoms with E-state index in [4.69, 9.17) is 14.5 Å². The van der Waals surface area contributed by atoms with Gasteiger partial charge in [0.05, 0.1) is 12.3 Å². The Morgan fingerprint density at radius 3 is 2.18 bits per heavy atom. The molecule has 44 heavy (non-hydrogen) atoms. The molecule has 0 aliphatic carbocycles. The Morgan fingerprint density at radius 2 is 1.50 bits per heavy atom. The number of carbonyl (C=O) groups excluding carboxylic acids is 1. The first-order chi connectivity index (χ1) is 21.5. The highest BCUT2D eigenvalue weighted by Gasteiger charge is 2.16. The van der Waals surface area contributed by atoms with Gasteiger partial charge in [-0.15, -0.1) is 11.3 Å². The third-order valence-electron chi connectivity index (χ3n) is 7.15. The molecule has 0 unspecified atom stereocenters. The number of aromatic nitrogens is 1. The maximum Gasteiger partial charge on any atom is 0.306 e. The Labute approximate surface area is 260 Å². The highest BCUT2D eigenvalue weighted by molar-refractivity contribution is 7.14. The molecule has 0 spiro atoms. The largest absolute Gasteiger partial charge is 0.489 e. The van der Waals surface area contributed by atoms with E-state index in [1.807, 2.05) is 48.5 Å². The summed E-state index contributed by atoms with van der Waals surface area (Å²) in [5.41, 5.74) is 5.15. The quantitative estimate of drug-likeness (QED) is 0.118. The number of hydrogen-bond donors (Lipinski definition) is 0. The first kappa shape index (κ1) is 30.9. The number of esters is 1. The molecule has 0 atom stereocenters. The van der Waals surface area contributed by atoms with Crippen LogP contribution in [0.5, 0.6) is 5.75 Å². The third-order valence-corrected chi connectivity index (χ3v) is 8.05. The summed E-state index contributed by atoms with van der Waals surface area (Å²) in [5.74, 6) is -1.88.